The zero-order valence-electron chi connectivity index (χ0n) is 58.6. The second-order valence-corrected chi connectivity index (χ2v) is 28.1. The van der Waals surface area contributed by atoms with E-state index in [1.54, 1.807) is 167 Å². The maximum Gasteiger partial charge on any atom is 0.508 e. The second-order valence-electron chi connectivity index (χ2n) is 23.4. The molecule has 12 N–H and O–H groups in total. The van der Waals surface area contributed by atoms with Gasteiger partial charge in [0.2, 0.25) is 11.8 Å². The van der Waals surface area contributed by atoms with Gasteiger partial charge in [0.05, 0.1) is 44.1 Å². The number of nitrogens with one attached hydrogen (secondary N) is 5. The number of aliphatic carboxylic acids is 1. The highest BCUT2D eigenvalue weighted by molar-refractivity contribution is 7.84. The van der Waals surface area contributed by atoms with Crippen LogP contribution < -0.4 is 50.9 Å². The van der Waals surface area contributed by atoms with Crippen LogP contribution in [0.2, 0.25) is 0 Å². The molecule has 0 spiro atoms. The second kappa shape index (κ2) is 49.6. The maximum atomic E-state index is 12.8. The lowest BCUT2D eigenvalue weighted by atomic mass is 10.1. The summed E-state index contributed by atoms with van der Waals surface area (Å²) in [4.78, 5) is 85.8. The summed E-state index contributed by atoms with van der Waals surface area (Å²) in [5, 5.41) is 18.7. The van der Waals surface area contributed by atoms with Crippen molar-refractivity contribution in [1.29, 1.82) is 0 Å². The Balaban J connectivity index is 0.000000616. The molecule has 0 aliphatic rings. The van der Waals surface area contributed by atoms with Crippen molar-refractivity contribution in [2.45, 2.75) is 176 Å². The highest BCUT2D eigenvalue weighted by Crippen LogP contribution is 2.25. The van der Waals surface area contributed by atoms with E-state index in [0.717, 1.165) is 24.2 Å². The van der Waals surface area contributed by atoms with E-state index in [1.807, 2.05) is 125 Å². The van der Waals surface area contributed by atoms with Gasteiger partial charge in [-0.2, -0.15) is 14.3 Å². The highest BCUT2D eigenvalue weighted by atomic mass is 35.5. The molecule has 6 aromatic carbocycles. The number of carbonyl (C=O) groups is 7. The Morgan fingerprint density at radius 3 is 1.00 bits per heavy atom. The van der Waals surface area contributed by atoms with Gasteiger partial charge in [-0.3, -0.25) is 28.5 Å². The van der Waals surface area contributed by atoms with Crippen molar-refractivity contribution in [2.75, 3.05) is 4.90 Å². The van der Waals surface area contributed by atoms with Gasteiger partial charge in [-0.25, -0.2) is 36.4 Å². The highest BCUT2D eigenvalue weighted by Gasteiger charge is 2.30. The first-order chi connectivity index (χ1) is 47.4. The van der Waals surface area contributed by atoms with Crippen molar-refractivity contribution in [3.63, 3.8) is 0 Å². The molecule has 550 valence electrons. The minimum atomic E-state index is -1.66. The van der Waals surface area contributed by atoms with Crippen LogP contribution in [0.5, 0.6) is 0 Å². The SMILES string of the molecule is CCC[C@H](N)C(=O)NS(=O)c1ccccc1.CCC[C@H](N)C(=O)NS(=O)c1ccccc1.CCC[C@H](NC(=O)OC(C)(C)C)C(=O)NS(=O)c1ccccc1.CCC[C@H](NC(=O)OC(C)(C)C)C(=O)O.Cl.NS(=O)c1ccccc1.O=C(N(c1ccccc1)c1ccccc1)[n+]1ccccc1. The van der Waals surface area contributed by atoms with Gasteiger partial charge in [0, 0.05) is 0 Å². The van der Waals surface area contributed by atoms with Crippen LogP contribution in [0.25, 0.3) is 0 Å². The number of hydrogen-bond acceptors (Lipinski definition) is 15. The van der Waals surface area contributed by atoms with E-state index < -0.39 is 103 Å². The molecule has 8 atom stereocenters. The van der Waals surface area contributed by atoms with Gasteiger partial charge in [0.15, 0.2) is 33.0 Å². The Labute approximate surface area is 609 Å². The number of anilines is 2. The van der Waals surface area contributed by atoms with E-state index in [1.165, 1.54) is 0 Å². The number of carboxylic acids is 1. The number of ether oxygens (including phenoxy) is 2. The lowest BCUT2D eigenvalue weighted by Crippen LogP contribution is -2.50. The average Bonchev–Trinajstić information content (AvgIpc) is 0.810. The van der Waals surface area contributed by atoms with Gasteiger partial charge >= 0.3 is 24.2 Å². The van der Waals surface area contributed by atoms with Gasteiger partial charge in [0.25, 0.3) is 5.91 Å². The number of nitrogens with two attached hydrogens (primary N) is 3. The summed E-state index contributed by atoms with van der Waals surface area (Å²) in [5.74, 6) is -2.28. The summed E-state index contributed by atoms with van der Waals surface area (Å²) >= 11 is 0. The Bertz CT molecular complexity index is 3540. The molecule has 0 aliphatic heterocycles. The molecule has 29 heteroatoms. The monoisotopic (exact) mass is 1490 g/mol. The van der Waals surface area contributed by atoms with Crippen LogP contribution in [-0.2, 0) is 72.6 Å². The van der Waals surface area contributed by atoms with E-state index in [-0.39, 0.29) is 30.3 Å². The summed E-state index contributed by atoms with van der Waals surface area (Å²) in [7, 11) is -6.03. The summed E-state index contributed by atoms with van der Waals surface area (Å²) in [5.41, 5.74) is 11.6. The van der Waals surface area contributed by atoms with Crippen LogP contribution in [-0.4, -0.2) is 99.2 Å². The van der Waals surface area contributed by atoms with Gasteiger partial charge < -0.3 is 36.7 Å². The molecule has 0 aliphatic carbocycles. The number of halogens is 1. The van der Waals surface area contributed by atoms with Gasteiger partial charge in [-0.1, -0.05) is 169 Å². The van der Waals surface area contributed by atoms with Crippen LogP contribution in [0, 0.1) is 0 Å². The van der Waals surface area contributed by atoms with Crippen LogP contribution >= 0.6 is 12.4 Å². The van der Waals surface area contributed by atoms with Crippen LogP contribution in [0.1, 0.15) is 121 Å². The van der Waals surface area contributed by atoms with Crippen molar-refractivity contribution >= 4 is 110 Å². The fourth-order valence-electron chi connectivity index (χ4n) is 7.91. The number of benzene rings is 6. The maximum absolute atomic E-state index is 12.8. The van der Waals surface area contributed by atoms with Crippen LogP contribution in [0.4, 0.5) is 25.8 Å². The summed E-state index contributed by atoms with van der Waals surface area (Å²) in [6, 6.07) is 56.9. The smallest absolute Gasteiger partial charge is 0.480 e. The first-order valence-electron chi connectivity index (χ1n) is 32.1. The zero-order valence-corrected chi connectivity index (χ0v) is 62.7. The van der Waals surface area contributed by atoms with E-state index >= 15 is 0 Å². The predicted molar refractivity (Wildman–Crippen MR) is 399 cm³/mol. The largest absolute Gasteiger partial charge is 0.508 e. The molecule has 6 amide bonds. The van der Waals surface area contributed by atoms with E-state index in [9.17, 15) is 50.4 Å². The van der Waals surface area contributed by atoms with Crippen molar-refractivity contribution in [3.8, 4) is 0 Å². The Hall–Kier alpha value is -8.87. The molecule has 7 aromatic rings. The average molecular weight is 1490 g/mol. The van der Waals surface area contributed by atoms with Gasteiger partial charge in [-0.05, 0) is 152 Å². The number of alkyl carbamates (subject to hydrolysis) is 2. The minimum Gasteiger partial charge on any atom is -0.480 e. The molecule has 0 bridgehead atoms. The topological polar surface area (TPSA) is 372 Å². The van der Waals surface area contributed by atoms with Crippen molar-refractivity contribution in [1.82, 2.24) is 24.8 Å². The number of carbonyl (C=O) groups excluding carboxylic acids is 6. The molecule has 1 heterocycles. The Kier molecular flexibility index (Phi) is 44.3. The number of rotatable bonds is 23. The minimum absolute atomic E-state index is 0. The summed E-state index contributed by atoms with van der Waals surface area (Å²) in [6.45, 7) is 18.0. The fourth-order valence-corrected chi connectivity index (χ4v) is 10.9. The number of carboxylic acid groups (broad SMARTS) is 1. The first kappa shape index (κ1) is 90.1. The first-order valence-corrected chi connectivity index (χ1v) is 36.8. The van der Waals surface area contributed by atoms with Crippen LogP contribution in [0.3, 0.4) is 0 Å². The fraction of sp³-hybridized carbons (Fsp3) is 0.333. The molecule has 101 heavy (non-hydrogen) atoms. The third-order valence-corrected chi connectivity index (χ3v) is 16.6. The Morgan fingerprint density at radius 1 is 0.436 bits per heavy atom. The quantitative estimate of drug-likeness (QED) is 0.0269. The lowest BCUT2D eigenvalue weighted by Gasteiger charge is -2.23. The van der Waals surface area contributed by atoms with Crippen molar-refractivity contribution < 1.29 is 69.5 Å². The third-order valence-electron chi connectivity index (χ3n) is 12.6. The summed E-state index contributed by atoms with van der Waals surface area (Å²) < 4.78 is 64.9. The normalized spacial score (nSPS) is 12.8. The third kappa shape index (κ3) is 38.5. The number of amides is 6. The van der Waals surface area contributed by atoms with Gasteiger partial charge in [0.1, 0.15) is 45.6 Å². The van der Waals surface area contributed by atoms with E-state index in [0.29, 0.717) is 58.1 Å². The Morgan fingerprint density at radius 2 is 0.713 bits per heavy atom. The zero-order chi connectivity index (χ0) is 74.6. The molecule has 0 fully saturated rings. The molecule has 7 rings (SSSR count). The molecular weight excluding hydrogens is 1390 g/mol. The van der Waals surface area contributed by atoms with Crippen molar-refractivity contribution in [2.24, 2.45) is 16.6 Å². The number of aromatic nitrogens is 1. The van der Waals surface area contributed by atoms with Crippen molar-refractivity contribution in [3.05, 3.63) is 213 Å². The standard InChI is InChI=1S/C18H15N2O.C16H24N2O4S.2C11H16N2O2S.C10H19NO4.C6H7NOS.ClH/c21-18(19-14-8-3-9-15-19)20(16-10-4-1-5-11-16)17-12-6-2-7-13-17;1-5-9-13(17-15(20)22-16(2,3)4)14(19)18-23(21)12-10-7-6-8-11-12;2*1-2-6-10(12)11(14)13-16(15)9-7-4-3-5-8-9;1-5-6-7(8(12)13)11-9(14)15-10(2,3)4;7-9(8)6-4-2-1-3-5-6;/h1-15H;6-8,10-11,13H,5,9H2,1-4H3,(H,17,20)(H,18,19);2*3-5,7-8,10H,2,6,12H2,1H3,(H,13,14);7H,5-6H2,1-4H3,(H,11,14)(H,12,13);1-5H,7H2;1H/q+1;;;;;;/t;13-,23?;2*10-,16?;7-;;/m.0000../s1. The molecule has 1 aromatic heterocycles. The number of para-hydroxylation sites is 2. The number of hydrogen-bond donors (Lipinski definition) is 9. The van der Waals surface area contributed by atoms with Crippen LogP contribution in [0.15, 0.2) is 232 Å². The van der Waals surface area contributed by atoms with E-state index in [4.69, 9.17) is 31.2 Å². The predicted octanol–water partition coefficient (Wildman–Crippen LogP) is 11.1. The molecule has 24 nitrogen and oxygen atoms in total. The molecule has 0 radical (unpaired) electrons. The number of nitrogens with zero attached hydrogens (tertiary/aromatic N) is 2. The molecule has 4 unspecified atom stereocenters. The lowest BCUT2D eigenvalue weighted by molar-refractivity contribution is -0.569. The van der Waals surface area contributed by atoms with E-state index in [2.05, 4.69) is 24.8 Å². The molecular formula is C72H98ClN10O14S4+. The summed E-state index contributed by atoms with van der Waals surface area (Å²) in [6.07, 6.45) is 7.18. The molecule has 0 saturated heterocycles. The van der Waals surface area contributed by atoms with Gasteiger partial charge in [-0.15, -0.1) is 12.4 Å². The number of pyridine rings is 1. The molecule has 0 saturated carbocycles.